The highest BCUT2D eigenvalue weighted by molar-refractivity contribution is 5.91. The van der Waals surface area contributed by atoms with Crippen LogP contribution in [0.25, 0.3) is 17.0 Å². The van der Waals surface area contributed by atoms with Crippen molar-refractivity contribution in [3.63, 3.8) is 0 Å². The van der Waals surface area contributed by atoms with Crippen molar-refractivity contribution < 1.29 is 18.4 Å². The van der Waals surface area contributed by atoms with E-state index in [1.165, 1.54) is 12.1 Å². The predicted octanol–water partition coefficient (Wildman–Crippen LogP) is 4.13. The third kappa shape index (κ3) is 4.61. The standard InChI is InChI=1S/C22H19FN4O3/c1-15-11-21(27(25-15)19-5-3-2-4-6-19)24-22(28)14-29-13-18-12-20(30-26-18)16-7-9-17(23)10-8-16/h2-12H,13-14H2,1H3,(H,24,28). The molecule has 4 aromatic rings. The molecule has 1 N–H and O–H groups in total. The van der Waals surface area contributed by atoms with Crippen molar-refractivity contribution in [2.75, 3.05) is 11.9 Å². The number of aryl methyl sites for hydroxylation is 1. The first kappa shape index (κ1) is 19.5. The van der Waals surface area contributed by atoms with E-state index in [1.54, 1.807) is 28.9 Å². The smallest absolute Gasteiger partial charge is 0.251 e. The molecule has 0 fully saturated rings. The first-order valence-corrected chi connectivity index (χ1v) is 9.30. The Morgan fingerprint density at radius 1 is 1.13 bits per heavy atom. The summed E-state index contributed by atoms with van der Waals surface area (Å²) >= 11 is 0. The van der Waals surface area contributed by atoms with E-state index in [-0.39, 0.29) is 24.9 Å². The lowest BCUT2D eigenvalue weighted by Crippen LogP contribution is -2.20. The van der Waals surface area contributed by atoms with Gasteiger partial charge in [0.05, 0.1) is 18.0 Å². The average Bonchev–Trinajstić information content (AvgIpc) is 3.36. The SMILES string of the molecule is Cc1cc(NC(=O)COCc2cc(-c3ccc(F)cc3)on2)n(-c2ccccc2)n1. The van der Waals surface area contributed by atoms with Crippen LogP contribution < -0.4 is 5.32 Å². The predicted molar refractivity (Wildman–Crippen MR) is 108 cm³/mol. The first-order chi connectivity index (χ1) is 14.6. The molecule has 0 saturated heterocycles. The second-order valence-electron chi connectivity index (χ2n) is 6.65. The number of nitrogens with one attached hydrogen (secondary N) is 1. The molecule has 1 amide bonds. The summed E-state index contributed by atoms with van der Waals surface area (Å²) in [6, 6.07) is 18.9. The largest absolute Gasteiger partial charge is 0.365 e. The Bertz CT molecular complexity index is 1140. The normalized spacial score (nSPS) is 10.9. The molecule has 0 aliphatic carbocycles. The summed E-state index contributed by atoms with van der Waals surface area (Å²) in [5, 5.41) is 11.1. The molecule has 2 heterocycles. The summed E-state index contributed by atoms with van der Waals surface area (Å²) in [7, 11) is 0. The highest BCUT2D eigenvalue weighted by atomic mass is 19.1. The maximum atomic E-state index is 13.0. The van der Waals surface area contributed by atoms with Crippen LogP contribution in [0.5, 0.6) is 0 Å². The lowest BCUT2D eigenvalue weighted by molar-refractivity contribution is -0.121. The Morgan fingerprint density at radius 3 is 2.67 bits per heavy atom. The van der Waals surface area contributed by atoms with Gasteiger partial charge in [0.25, 0.3) is 5.91 Å². The molecule has 0 bridgehead atoms. The molecule has 2 aromatic carbocycles. The van der Waals surface area contributed by atoms with Crippen molar-refractivity contribution in [1.82, 2.24) is 14.9 Å². The molecule has 2 aromatic heterocycles. The molecule has 0 spiro atoms. The van der Waals surface area contributed by atoms with Gasteiger partial charge in [0.2, 0.25) is 0 Å². The topological polar surface area (TPSA) is 82.2 Å². The zero-order valence-electron chi connectivity index (χ0n) is 16.2. The molecular formula is C22H19FN4O3. The molecule has 8 heteroatoms. The van der Waals surface area contributed by atoms with Crippen LogP contribution in [0.1, 0.15) is 11.4 Å². The van der Waals surface area contributed by atoms with Crippen LogP contribution in [-0.2, 0) is 16.1 Å². The summed E-state index contributed by atoms with van der Waals surface area (Å²) in [6.45, 7) is 1.81. The second-order valence-corrected chi connectivity index (χ2v) is 6.65. The highest BCUT2D eigenvalue weighted by Crippen LogP contribution is 2.21. The van der Waals surface area contributed by atoms with E-state index in [4.69, 9.17) is 9.26 Å². The Morgan fingerprint density at radius 2 is 1.90 bits per heavy atom. The zero-order chi connectivity index (χ0) is 20.9. The van der Waals surface area contributed by atoms with E-state index >= 15 is 0 Å². The van der Waals surface area contributed by atoms with Gasteiger partial charge in [0.15, 0.2) is 5.76 Å². The van der Waals surface area contributed by atoms with Crippen molar-refractivity contribution in [2.45, 2.75) is 13.5 Å². The molecular weight excluding hydrogens is 387 g/mol. The molecule has 0 atom stereocenters. The summed E-state index contributed by atoms with van der Waals surface area (Å²) < 4.78 is 25.4. The monoisotopic (exact) mass is 406 g/mol. The fourth-order valence-electron chi connectivity index (χ4n) is 2.91. The van der Waals surface area contributed by atoms with Gasteiger partial charge < -0.3 is 14.6 Å². The number of carbonyl (C=O) groups is 1. The number of aromatic nitrogens is 3. The van der Waals surface area contributed by atoms with Crippen LogP contribution in [0.15, 0.2) is 71.3 Å². The number of benzene rings is 2. The average molecular weight is 406 g/mol. The van der Waals surface area contributed by atoms with E-state index in [2.05, 4.69) is 15.6 Å². The lowest BCUT2D eigenvalue weighted by Gasteiger charge is -2.08. The van der Waals surface area contributed by atoms with Crippen molar-refractivity contribution in [2.24, 2.45) is 0 Å². The van der Waals surface area contributed by atoms with Crippen LogP contribution >= 0.6 is 0 Å². The number of anilines is 1. The van der Waals surface area contributed by atoms with Crippen LogP contribution in [-0.4, -0.2) is 27.5 Å². The highest BCUT2D eigenvalue weighted by Gasteiger charge is 2.12. The van der Waals surface area contributed by atoms with E-state index in [9.17, 15) is 9.18 Å². The minimum Gasteiger partial charge on any atom is -0.365 e. The number of ether oxygens (including phenoxy) is 1. The number of hydrogen-bond donors (Lipinski definition) is 1. The number of para-hydroxylation sites is 1. The van der Waals surface area contributed by atoms with Gasteiger partial charge in [-0.25, -0.2) is 9.07 Å². The Kier molecular flexibility index (Phi) is 5.67. The molecule has 0 saturated carbocycles. The van der Waals surface area contributed by atoms with Crippen LogP contribution in [0.3, 0.4) is 0 Å². The quantitative estimate of drug-likeness (QED) is 0.499. The number of hydrogen-bond acceptors (Lipinski definition) is 5. The van der Waals surface area contributed by atoms with E-state index in [1.807, 2.05) is 37.3 Å². The van der Waals surface area contributed by atoms with Crippen molar-refractivity contribution in [1.29, 1.82) is 0 Å². The zero-order valence-corrected chi connectivity index (χ0v) is 16.2. The van der Waals surface area contributed by atoms with Gasteiger partial charge in [-0.1, -0.05) is 23.4 Å². The number of nitrogens with zero attached hydrogens (tertiary/aromatic N) is 3. The summed E-state index contributed by atoms with van der Waals surface area (Å²) in [6.07, 6.45) is 0. The van der Waals surface area contributed by atoms with Crippen LogP contribution in [0.4, 0.5) is 10.2 Å². The molecule has 0 radical (unpaired) electrons. The molecule has 0 aliphatic rings. The van der Waals surface area contributed by atoms with E-state index < -0.39 is 0 Å². The molecule has 4 rings (SSSR count). The van der Waals surface area contributed by atoms with Gasteiger partial charge in [-0.15, -0.1) is 0 Å². The van der Waals surface area contributed by atoms with Gasteiger partial charge in [0.1, 0.15) is 23.9 Å². The molecule has 0 unspecified atom stereocenters. The summed E-state index contributed by atoms with van der Waals surface area (Å²) in [5.74, 6) is 0.429. The number of carbonyl (C=O) groups excluding carboxylic acids is 1. The lowest BCUT2D eigenvalue weighted by atomic mass is 10.1. The second kappa shape index (κ2) is 8.71. The molecule has 30 heavy (non-hydrogen) atoms. The number of rotatable bonds is 7. The van der Waals surface area contributed by atoms with Gasteiger partial charge in [-0.2, -0.15) is 5.10 Å². The fourth-order valence-corrected chi connectivity index (χ4v) is 2.91. The third-order valence-electron chi connectivity index (χ3n) is 4.27. The van der Waals surface area contributed by atoms with Crippen molar-refractivity contribution in [3.05, 3.63) is 83.9 Å². The van der Waals surface area contributed by atoms with E-state index in [0.717, 1.165) is 11.4 Å². The Hall–Kier alpha value is -3.78. The number of amides is 1. The van der Waals surface area contributed by atoms with Gasteiger partial charge >= 0.3 is 0 Å². The van der Waals surface area contributed by atoms with Crippen molar-refractivity contribution in [3.8, 4) is 17.0 Å². The molecule has 152 valence electrons. The number of halogens is 1. The Labute approximate surface area is 172 Å². The molecule has 0 aliphatic heterocycles. The van der Waals surface area contributed by atoms with Crippen molar-refractivity contribution >= 4 is 11.7 Å². The maximum Gasteiger partial charge on any atom is 0.251 e. The van der Waals surface area contributed by atoms with Gasteiger partial charge in [-0.3, -0.25) is 4.79 Å². The van der Waals surface area contributed by atoms with Crippen LogP contribution in [0.2, 0.25) is 0 Å². The maximum absolute atomic E-state index is 13.0. The fraction of sp³-hybridized carbons (Fsp3) is 0.136. The first-order valence-electron chi connectivity index (χ1n) is 9.30. The van der Waals surface area contributed by atoms with E-state index in [0.29, 0.717) is 22.8 Å². The molecule has 7 nitrogen and oxygen atoms in total. The van der Waals surface area contributed by atoms with Gasteiger partial charge in [-0.05, 0) is 43.3 Å². The summed E-state index contributed by atoms with van der Waals surface area (Å²) in [4.78, 5) is 12.3. The minimum atomic E-state index is -0.323. The third-order valence-corrected chi connectivity index (χ3v) is 4.27. The summed E-state index contributed by atoms with van der Waals surface area (Å²) in [5.41, 5.74) is 2.87. The minimum absolute atomic E-state index is 0.106. The van der Waals surface area contributed by atoms with Crippen LogP contribution in [0, 0.1) is 12.7 Å². The Balaban J connectivity index is 1.33. The van der Waals surface area contributed by atoms with Gasteiger partial charge in [0, 0.05) is 17.7 Å².